The Kier molecular flexibility index (Phi) is 7.65. The molecule has 1 atom stereocenters. The highest BCUT2D eigenvalue weighted by molar-refractivity contribution is 5.92. The summed E-state index contributed by atoms with van der Waals surface area (Å²) in [7, 11) is 0. The molecule has 1 aromatic carbocycles. The molecule has 1 aliphatic heterocycles. The van der Waals surface area contributed by atoms with E-state index in [9.17, 15) is 14.4 Å². The molecular formula is C22H33N3O4. The molecule has 1 heterocycles. The number of carbonyl (C=O) groups is 3. The van der Waals surface area contributed by atoms with Gasteiger partial charge in [0.25, 0.3) is 0 Å². The predicted molar refractivity (Wildman–Crippen MR) is 111 cm³/mol. The Morgan fingerprint density at radius 2 is 1.90 bits per heavy atom. The van der Waals surface area contributed by atoms with Crippen LogP contribution in [0.25, 0.3) is 0 Å². The molecule has 0 aromatic heterocycles. The van der Waals surface area contributed by atoms with E-state index in [4.69, 9.17) is 10.5 Å². The van der Waals surface area contributed by atoms with E-state index in [2.05, 4.69) is 12.2 Å². The average Bonchev–Trinajstić information content (AvgIpc) is 2.64. The molecular weight excluding hydrogens is 370 g/mol. The highest BCUT2D eigenvalue weighted by atomic mass is 16.6. The first-order valence-corrected chi connectivity index (χ1v) is 10.2. The van der Waals surface area contributed by atoms with Crippen molar-refractivity contribution in [2.24, 2.45) is 11.7 Å². The Balaban J connectivity index is 2.09. The van der Waals surface area contributed by atoms with Crippen molar-refractivity contribution in [1.82, 2.24) is 10.2 Å². The van der Waals surface area contributed by atoms with E-state index >= 15 is 0 Å². The number of hydrogen-bond acceptors (Lipinski definition) is 4. The van der Waals surface area contributed by atoms with Gasteiger partial charge in [0.05, 0.1) is 0 Å². The van der Waals surface area contributed by atoms with Gasteiger partial charge in [0.1, 0.15) is 11.6 Å². The van der Waals surface area contributed by atoms with Crippen molar-refractivity contribution in [3.8, 4) is 0 Å². The van der Waals surface area contributed by atoms with E-state index in [0.29, 0.717) is 37.4 Å². The zero-order chi connectivity index (χ0) is 21.6. The minimum absolute atomic E-state index is 0.0891. The monoisotopic (exact) mass is 403 g/mol. The van der Waals surface area contributed by atoms with Crippen LogP contribution in [-0.2, 0) is 16.0 Å². The normalized spacial score (nSPS) is 16.2. The van der Waals surface area contributed by atoms with Crippen molar-refractivity contribution in [3.63, 3.8) is 0 Å². The number of piperidine rings is 1. The van der Waals surface area contributed by atoms with Crippen LogP contribution in [0.4, 0.5) is 4.79 Å². The summed E-state index contributed by atoms with van der Waals surface area (Å²) in [6.07, 6.45) is 2.26. The number of alkyl carbamates (subject to hydrolysis) is 1. The van der Waals surface area contributed by atoms with Gasteiger partial charge < -0.3 is 20.7 Å². The molecule has 0 saturated carbocycles. The van der Waals surface area contributed by atoms with E-state index in [1.807, 2.05) is 11.0 Å². The van der Waals surface area contributed by atoms with Crippen LogP contribution < -0.4 is 11.1 Å². The van der Waals surface area contributed by atoms with Crippen LogP contribution in [0.2, 0.25) is 0 Å². The third kappa shape index (κ3) is 7.40. The summed E-state index contributed by atoms with van der Waals surface area (Å²) in [5.74, 6) is 0.0236. The number of likely N-dealkylation sites (tertiary alicyclic amines) is 1. The van der Waals surface area contributed by atoms with Crippen molar-refractivity contribution in [2.75, 3.05) is 13.1 Å². The molecule has 1 saturated heterocycles. The van der Waals surface area contributed by atoms with Crippen LogP contribution in [-0.4, -0.2) is 47.5 Å². The van der Waals surface area contributed by atoms with Gasteiger partial charge in [0.15, 0.2) is 0 Å². The molecule has 3 amide bonds. The molecule has 3 N–H and O–H groups in total. The number of carbonyl (C=O) groups excluding carboxylic acids is 3. The van der Waals surface area contributed by atoms with Crippen LogP contribution in [0.3, 0.4) is 0 Å². The SMILES string of the molecule is CC1CCN(C(=O)C(CCc2cccc(C(N)=O)c2)NC(=O)OC(C)(C)C)CC1. The van der Waals surface area contributed by atoms with Gasteiger partial charge in [-0.15, -0.1) is 0 Å². The minimum atomic E-state index is -0.685. The number of benzene rings is 1. The third-order valence-electron chi connectivity index (χ3n) is 5.02. The first kappa shape index (κ1) is 22.7. The minimum Gasteiger partial charge on any atom is -0.444 e. The summed E-state index contributed by atoms with van der Waals surface area (Å²) in [5.41, 5.74) is 6.01. The third-order valence-corrected chi connectivity index (χ3v) is 5.02. The lowest BCUT2D eigenvalue weighted by molar-refractivity contribution is -0.135. The average molecular weight is 404 g/mol. The zero-order valence-corrected chi connectivity index (χ0v) is 17.9. The first-order chi connectivity index (χ1) is 13.5. The van der Waals surface area contributed by atoms with Crippen LogP contribution in [0.1, 0.15) is 62.9 Å². The second-order valence-corrected chi connectivity index (χ2v) is 8.81. The fourth-order valence-corrected chi connectivity index (χ4v) is 3.35. The van der Waals surface area contributed by atoms with Crippen LogP contribution >= 0.6 is 0 Å². The van der Waals surface area contributed by atoms with Gasteiger partial charge in [-0.2, -0.15) is 0 Å². The standard InChI is InChI=1S/C22H33N3O4/c1-15-10-12-25(13-11-15)20(27)18(24-21(28)29-22(2,3)4)9-8-16-6-5-7-17(14-16)19(23)26/h5-7,14-15,18H,8-13H2,1-4H3,(H2,23,26)(H,24,28). The largest absolute Gasteiger partial charge is 0.444 e. The summed E-state index contributed by atoms with van der Waals surface area (Å²) in [4.78, 5) is 38.6. The lowest BCUT2D eigenvalue weighted by atomic mass is 9.97. The van der Waals surface area contributed by atoms with Gasteiger partial charge in [0.2, 0.25) is 11.8 Å². The molecule has 2 rings (SSSR count). The molecule has 0 radical (unpaired) electrons. The number of amides is 3. The molecule has 160 valence electrons. The Morgan fingerprint density at radius 1 is 1.24 bits per heavy atom. The molecule has 29 heavy (non-hydrogen) atoms. The van der Waals surface area contributed by atoms with Crippen molar-refractivity contribution < 1.29 is 19.1 Å². The fraction of sp³-hybridized carbons (Fsp3) is 0.591. The second kappa shape index (κ2) is 9.76. The molecule has 1 aliphatic rings. The van der Waals surface area contributed by atoms with E-state index in [0.717, 1.165) is 18.4 Å². The van der Waals surface area contributed by atoms with Crippen LogP contribution in [0, 0.1) is 5.92 Å². The van der Waals surface area contributed by atoms with Gasteiger partial charge in [-0.3, -0.25) is 9.59 Å². The first-order valence-electron chi connectivity index (χ1n) is 10.2. The predicted octanol–water partition coefficient (Wildman–Crippen LogP) is 2.87. The van der Waals surface area contributed by atoms with Gasteiger partial charge in [-0.05, 0) is 70.1 Å². The molecule has 1 aromatic rings. The zero-order valence-electron chi connectivity index (χ0n) is 17.9. The Hall–Kier alpha value is -2.57. The van der Waals surface area contributed by atoms with Crippen molar-refractivity contribution in [1.29, 1.82) is 0 Å². The Morgan fingerprint density at radius 3 is 2.48 bits per heavy atom. The molecule has 1 unspecified atom stereocenters. The summed E-state index contributed by atoms with van der Waals surface area (Å²) in [5, 5.41) is 2.75. The maximum Gasteiger partial charge on any atom is 0.408 e. The molecule has 7 heteroatoms. The van der Waals surface area contributed by atoms with E-state index in [1.54, 1.807) is 39.0 Å². The maximum atomic E-state index is 13.1. The van der Waals surface area contributed by atoms with Gasteiger partial charge in [-0.1, -0.05) is 19.1 Å². The molecule has 1 fully saturated rings. The summed E-state index contributed by atoms with van der Waals surface area (Å²) in [6, 6.07) is 6.33. The maximum absolute atomic E-state index is 13.1. The molecule has 0 bridgehead atoms. The van der Waals surface area contributed by atoms with Gasteiger partial charge in [0, 0.05) is 18.7 Å². The number of primary amides is 1. The number of ether oxygens (including phenoxy) is 1. The van der Waals surface area contributed by atoms with Crippen LogP contribution in [0.15, 0.2) is 24.3 Å². The topological polar surface area (TPSA) is 102 Å². The smallest absolute Gasteiger partial charge is 0.408 e. The van der Waals surface area contributed by atoms with Gasteiger partial charge >= 0.3 is 6.09 Å². The quantitative estimate of drug-likeness (QED) is 0.762. The number of aryl methyl sites for hydroxylation is 1. The lowest BCUT2D eigenvalue weighted by Gasteiger charge is -2.33. The number of nitrogens with one attached hydrogen (secondary N) is 1. The lowest BCUT2D eigenvalue weighted by Crippen LogP contribution is -2.51. The second-order valence-electron chi connectivity index (χ2n) is 8.81. The Bertz CT molecular complexity index is 734. The van der Waals surface area contributed by atoms with Crippen LogP contribution in [0.5, 0.6) is 0 Å². The molecule has 0 spiro atoms. The van der Waals surface area contributed by atoms with Crippen molar-refractivity contribution >= 4 is 17.9 Å². The van der Waals surface area contributed by atoms with Crippen molar-refractivity contribution in [2.45, 2.75) is 65.0 Å². The fourth-order valence-electron chi connectivity index (χ4n) is 3.35. The van der Waals surface area contributed by atoms with Gasteiger partial charge in [-0.25, -0.2) is 4.79 Å². The summed E-state index contributed by atoms with van der Waals surface area (Å²) in [6.45, 7) is 8.93. The van der Waals surface area contributed by atoms with E-state index in [-0.39, 0.29) is 5.91 Å². The van der Waals surface area contributed by atoms with E-state index in [1.165, 1.54) is 0 Å². The number of nitrogens with two attached hydrogens (primary N) is 1. The summed E-state index contributed by atoms with van der Waals surface area (Å²) < 4.78 is 5.34. The molecule has 0 aliphatic carbocycles. The number of nitrogens with zero attached hydrogens (tertiary/aromatic N) is 1. The Labute approximate surface area is 173 Å². The summed E-state index contributed by atoms with van der Waals surface area (Å²) >= 11 is 0. The van der Waals surface area contributed by atoms with E-state index < -0.39 is 23.6 Å². The molecule has 7 nitrogen and oxygen atoms in total. The number of rotatable bonds is 6. The highest BCUT2D eigenvalue weighted by Crippen LogP contribution is 2.18. The van der Waals surface area contributed by atoms with Crippen molar-refractivity contribution in [3.05, 3.63) is 35.4 Å². The highest BCUT2D eigenvalue weighted by Gasteiger charge is 2.29. The number of hydrogen-bond donors (Lipinski definition) is 2.